The van der Waals surface area contributed by atoms with Gasteiger partial charge in [-0.15, -0.1) is 0 Å². The molecule has 0 N–H and O–H groups in total. The van der Waals surface area contributed by atoms with E-state index in [0.717, 1.165) is 22.3 Å². The van der Waals surface area contributed by atoms with Gasteiger partial charge in [0, 0.05) is 6.61 Å². The quantitative estimate of drug-likeness (QED) is 0.594. The first-order chi connectivity index (χ1) is 6.84. The van der Waals surface area contributed by atoms with E-state index in [1.165, 1.54) is 0 Å². The molecule has 78 valence electrons. The Labute approximate surface area is 98.7 Å². The molecule has 0 saturated heterocycles. The van der Waals surface area contributed by atoms with Crippen molar-refractivity contribution in [1.29, 1.82) is 0 Å². The van der Waals surface area contributed by atoms with Crippen LogP contribution in [0.4, 0.5) is 0 Å². The Morgan fingerprint density at radius 1 is 1.14 bits per heavy atom. The van der Waals surface area contributed by atoms with Crippen molar-refractivity contribution in [2.24, 2.45) is 0 Å². The first-order valence-corrected chi connectivity index (χ1v) is 5.87. The summed E-state index contributed by atoms with van der Waals surface area (Å²) in [5, 5.41) is 0. The molecule has 1 rings (SSSR count). The number of hydrogen-bond acceptors (Lipinski definition) is 2. The monoisotopic (exact) mass is 306 g/mol. The number of para-hydroxylation sites is 1. The Morgan fingerprint density at radius 2 is 1.93 bits per heavy atom. The molecular formula is C11H15IO2. The van der Waals surface area contributed by atoms with Crippen molar-refractivity contribution in [2.45, 2.75) is 13.3 Å². The first kappa shape index (κ1) is 11.8. The molecule has 0 fully saturated rings. The van der Waals surface area contributed by atoms with Crippen LogP contribution in [0.5, 0.6) is 5.75 Å². The summed E-state index contributed by atoms with van der Waals surface area (Å²) in [6.07, 6.45) is 1.06. The Bertz CT molecular complexity index is 263. The lowest BCUT2D eigenvalue weighted by Gasteiger charge is -2.07. The van der Waals surface area contributed by atoms with Gasteiger partial charge >= 0.3 is 0 Å². The highest BCUT2D eigenvalue weighted by Crippen LogP contribution is 2.19. The van der Waals surface area contributed by atoms with E-state index in [9.17, 15) is 0 Å². The fraction of sp³-hybridized carbons (Fsp3) is 0.455. The van der Waals surface area contributed by atoms with Crippen LogP contribution in [0.3, 0.4) is 0 Å². The maximum absolute atomic E-state index is 5.55. The predicted molar refractivity (Wildman–Crippen MR) is 65.8 cm³/mol. The maximum atomic E-state index is 5.55. The van der Waals surface area contributed by atoms with Gasteiger partial charge in [0.15, 0.2) is 0 Å². The largest absolute Gasteiger partial charge is 0.490 e. The van der Waals surface area contributed by atoms with Gasteiger partial charge in [0.25, 0.3) is 0 Å². The van der Waals surface area contributed by atoms with Gasteiger partial charge in [-0.3, -0.25) is 0 Å². The van der Waals surface area contributed by atoms with E-state index in [1.54, 1.807) is 0 Å². The van der Waals surface area contributed by atoms with E-state index in [4.69, 9.17) is 9.47 Å². The molecule has 0 aliphatic carbocycles. The second-order valence-electron chi connectivity index (χ2n) is 2.89. The third kappa shape index (κ3) is 4.28. The normalized spacial score (nSPS) is 10.1. The van der Waals surface area contributed by atoms with Crippen LogP contribution < -0.4 is 4.74 Å². The summed E-state index contributed by atoms with van der Waals surface area (Å²) in [4.78, 5) is 0. The predicted octanol–water partition coefficient (Wildman–Crippen LogP) is 3.10. The molecule has 0 heterocycles. The van der Waals surface area contributed by atoms with Crippen LogP contribution in [0.2, 0.25) is 0 Å². The zero-order valence-electron chi connectivity index (χ0n) is 8.33. The zero-order chi connectivity index (χ0) is 10.2. The van der Waals surface area contributed by atoms with Crippen molar-refractivity contribution < 1.29 is 9.47 Å². The second kappa shape index (κ2) is 7.06. The molecule has 0 unspecified atom stereocenters. The molecule has 1 aromatic rings. The molecular weight excluding hydrogens is 291 g/mol. The minimum atomic E-state index is 0.625. The van der Waals surface area contributed by atoms with Crippen LogP contribution >= 0.6 is 22.6 Å². The topological polar surface area (TPSA) is 18.5 Å². The summed E-state index contributed by atoms with van der Waals surface area (Å²) < 4.78 is 12.0. The lowest BCUT2D eigenvalue weighted by Crippen LogP contribution is -2.07. The number of rotatable bonds is 6. The Balaban J connectivity index is 2.21. The number of halogens is 1. The van der Waals surface area contributed by atoms with Crippen LogP contribution in [0.25, 0.3) is 0 Å². The van der Waals surface area contributed by atoms with Crippen LogP contribution in [-0.2, 0) is 4.74 Å². The van der Waals surface area contributed by atoms with E-state index in [0.29, 0.717) is 13.2 Å². The van der Waals surface area contributed by atoms with Gasteiger partial charge in [0.1, 0.15) is 12.4 Å². The summed E-state index contributed by atoms with van der Waals surface area (Å²) in [6.45, 7) is 4.20. The lowest BCUT2D eigenvalue weighted by molar-refractivity contribution is 0.100. The third-order valence-corrected chi connectivity index (χ3v) is 2.56. The van der Waals surface area contributed by atoms with Crippen LogP contribution in [0.15, 0.2) is 24.3 Å². The minimum absolute atomic E-state index is 0.625. The van der Waals surface area contributed by atoms with Crippen molar-refractivity contribution in [3.8, 4) is 5.75 Å². The van der Waals surface area contributed by atoms with Crippen molar-refractivity contribution in [3.05, 3.63) is 27.8 Å². The highest BCUT2D eigenvalue weighted by Gasteiger charge is 1.97. The van der Waals surface area contributed by atoms with Crippen LogP contribution in [0, 0.1) is 3.57 Å². The molecule has 0 atom stereocenters. The SMILES string of the molecule is CCCOCCOc1ccccc1I. The molecule has 0 bridgehead atoms. The molecule has 14 heavy (non-hydrogen) atoms. The Morgan fingerprint density at radius 3 is 2.64 bits per heavy atom. The summed E-state index contributed by atoms with van der Waals surface area (Å²) >= 11 is 2.26. The van der Waals surface area contributed by atoms with Gasteiger partial charge in [-0.25, -0.2) is 0 Å². The highest BCUT2D eigenvalue weighted by atomic mass is 127. The third-order valence-electron chi connectivity index (χ3n) is 1.67. The van der Waals surface area contributed by atoms with Crippen molar-refractivity contribution in [2.75, 3.05) is 19.8 Å². The molecule has 0 radical (unpaired) electrons. The second-order valence-corrected chi connectivity index (χ2v) is 4.05. The molecule has 1 aromatic carbocycles. The van der Waals surface area contributed by atoms with Gasteiger partial charge < -0.3 is 9.47 Å². The molecule has 0 aliphatic heterocycles. The summed E-state index contributed by atoms with van der Waals surface area (Å²) in [7, 11) is 0. The summed E-state index contributed by atoms with van der Waals surface area (Å²) in [6, 6.07) is 7.98. The van der Waals surface area contributed by atoms with Gasteiger partial charge in [-0.2, -0.15) is 0 Å². The molecule has 0 amide bonds. The average molecular weight is 306 g/mol. The van der Waals surface area contributed by atoms with Crippen molar-refractivity contribution >= 4 is 22.6 Å². The fourth-order valence-electron chi connectivity index (χ4n) is 1.02. The van der Waals surface area contributed by atoms with E-state index in [-0.39, 0.29) is 0 Å². The molecule has 0 aromatic heterocycles. The van der Waals surface area contributed by atoms with Gasteiger partial charge in [0.05, 0.1) is 10.2 Å². The Hall–Kier alpha value is -0.290. The minimum Gasteiger partial charge on any atom is -0.490 e. The molecule has 0 aliphatic rings. The summed E-state index contributed by atoms with van der Waals surface area (Å²) in [5.41, 5.74) is 0. The van der Waals surface area contributed by atoms with Gasteiger partial charge in [-0.1, -0.05) is 19.1 Å². The molecule has 3 heteroatoms. The van der Waals surface area contributed by atoms with E-state index in [2.05, 4.69) is 29.5 Å². The van der Waals surface area contributed by atoms with E-state index in [1.807, 2.05) is 24.3 Å². The molecule has 2 nitrogen and oxygen atoms in total. The number of benzene rings is 1. The smallest absolute Gasteiger partial charge is 0.132 e. The van der Waals surface area contributed by atoms with Crippen LogP contribution in [-0.4, -0.2) is 19.8 Å². The van der Waals surface area contributed by atoms with Gasteiger partial charge in [0.2, 0.25) is 0 Å². The number of hydrogen-bond donors (Lipinski definition) is 0. The maximum Gasteiger partial charge on any atom is 0.132 e. The van der Waals surface area contributed by atoms with Crippen LogP contribution in [0.1, 0.15) is 13.3 Å². The standard InChI is InChI=1S/C11H15IO2/c1-2-7-13-8-9-14-11-6-4-3-5-10(11)12/h3-6H,2,7-9H2,1H3. The fourth-order valence-corrected chi connectivity index (χ4v) is 1.56. The highest BCUT2D eigenvalue weighted by molar-refractivity contribution is 14.1. The average Bonchev–Trinajstić information content (AvgIpc) is 2.20. The molecule has 0 spiro atoms. The van der Waals surface area contributed by atoms with E-state index < -0.39 is 0 Å². The molecule has 0 saturated carbocycles. The zero-order valence-corrected chi connectivity index (χ0v) is 10.5. The van der Waals surface area contributed by atoms with E-state index >= 15 is 0 Å². The summed E-state index contributed by atoms with van der Waals surface area (Å²) in [5.74, 6) is 0.938. The van der Waals surface area contributed by atoms with Crippen molar-refractivity contribution in [1.82, 2.24) is 0 Å². The number of ether oxygens (including phenoxy) is 2. The first-order valence-electron chi connectivity index (χ1n) is 4.79. The Kier molecular flexibility index (Phi) is 5.94. The van der Waals surface area contributed by atoms with Crippen molar-refractivity contribution in [3.63, 3.8) is 0 Å². The lowest BCUT2D eigenvalue weighted by atomic mass is 10.3. The van der Waals surface area contributed by atoms with Gasteiger partial charge in [-0.05, 0) is 41.1 Å².